The number of thioether (sulfide) groups is 1. The third kappa shape index (κ3) is 4.77. The fourth-order valence-corrected chi connectivity index (χ4v) is 4.41. The zero-order chi connectivity index (χ0) is 17.6. The Bertz CT molecular complexity index is 846. The summed E-state index contributed by atoms with van der Waals surface area (Å²) in [7, 11) is 3.54. The summed E-state index contributed by atoms with van der Waals surface area (Å²) in [5, 5.41) is 4.37. The Kier molecular flexibility index (Phi) is 6.00. The molecule has 1 aromatic heterocycles. The molecule has 0 aliphatic rings. The normalized spacial score (nSPS) is 10.8. The highest BCUT2D eigenvalue weighted by Crippen LogP contribution is 2.22. The van der Waals surface area contributed by atoms with Crippen LogP contribution in [0.15, 0.2) is 53.9 Å². The molecule has 3 nitrogen and oxygen atoms in total. The monoisotopic (exact) mass is 371 g/mol. The van der Waals surface area contributed by atoms with Crippen molar-refractivity contribution in [1.29, 1.82) is 0 Å². The van der Waals surface area contributed by atoms with E-state index in [9.17, 15) is 4.79 Å². The van der Waals surface area contributed by atoms with Gasteiger partial charge in [-0.25, -0.2) is 0 Å². The average molecular weight is 372 g/mol. The van der Waals surface area contributed by atoms with Crippen LogP contribution in [0.2, 0.25) is 0 Å². The van der Waals surface area contributed by atoms with Gasteiger partial charge in [-0.3, -0.25) is 4.79 Å². The first kappa shape index (κ1) is 17.8. The minimum atomic E-state index is 0.163. The smallest absolute Gasteiger partial charge is 0.232 e. The average Bonchev–Trinajstić information content (AvgIpc) is 3.14. The van der Waals surface area contributed by atoms with Crippen LogP contribution in [0, 0.1) is 0 Å². The van der Waals surface area contributed by atoms with Crippen molar-refractivity contribution in [2.75, 3.05) is 19.9 Å². The molecule has 3 aromatic rings. The van der Waals surface area contributed by atoms with Gasteiger partial charge in [0.25, 0.3) is 0 Å². The molecule has 0 unspecified atom stereocenters. The van der Waals surface area contributed by atoms with E-state index in [1.54, 1.807) is 35.1 Å². The maximum Gasteiger partial charge on any atom is 0.232 e. The number of hydrogen-bond donors (Lipinski definition) is 0. The fraction of sp³-hybridized carbons (Fsp3) is 0.250. The lowest BCUT2D eigenvalue weighted by atomic mass is 10.1. The first-order valence-corrected chi connectivity index (χ1v) is 10.1. The van der Waals surface area contributed by atoms with Crippen molar-refractivity contribution in [1.82, 2.24) is 4.90 Å². The van der Waals surface area contributed by atoms with Gasteiger partial charge < -0.3 is 9.64 Å². The summed E-state index contributed by atoms with van der Waals surface area (Å²) >= 11 is 3.40. The van der Waals surface area contributed by atoms with Gasteiger partial charge in [-0.1, -0.05) is 24.3 Å². The number of hydrogen-bond acceptors (Lipinski definition) is 4. The molecule has 5 heteroatoms. The van der Waals surface area contributed by atoms with E-state index in [0.29, 0.717) is 12.3 Å². The number of amides is 1. The lowest BCUT2D eigenvalue weighted by Gasteiger charge is -2.17. The van der Waals surface area contributed by atoms with E-state index in [0.717, 1.165) is 27.8 Å². The number of thiophene rings is 1. The summed E-state index contributed by atoms with van der Waals surface area (Å²) in [5.41, 5.74) is 1.14. The van der Waals surface area contributed by atoms with E-state index in [2.05, 4.69) is 35.7 Å². The lowest BCUT2D eigenvalue weighted by Crippen LogP contribution is -2.27. The van der Waals surface area contributed by atoms with E-state index in [1.165, 1.54) is 4.88 Å². The maximum absolute atomic E-state index is 12.3. The zero-order valence-electron chi connectivity index (χ0n) is 14.4. The number of nitrogens with zero attached hydrogens (tertiary/aromatic N) is 1. The van der Waals surface area contributed by atoms with E-state index < -0.39 is 0 Å². The van der Waals surface area contributed by atoms with Gasteiger partial charge in [0, 0.05) is 24.2 Å². The lowest BCUT2D eigenvalue weighted by molar-refractivity contribution is -0.127. The van der Waals surface area contributed by atoms with Crippen LogP contribution < -0.4 is 4.74 Å². The van der Waals surface area contributed by atoms with Crippen LogP contribution in [0.4, 0.5) is 0 Å². The molecule has 1 amide bonds. The summed E-state index contributed by atoms with van der Waals surface area (Å²) in [4.78, 5) is 15.4. The number of benzene rings is 2. The van der Waals surface area contributed by atoms with Crippen molar-refractivity contribution >= 4 is 39.8 Å². The molecule has 3 rings (SSSR count). The number of methoxy groups -OCH3 is 1. The molecular weight excluding hydrogens is 350 g/mol. The van der Waals surface area contributed by atoms with Gasteiger partial charge >= 0.3 is 0 Å². The highest BCUT2D eigenvalue weighted by atomic mass is 32.2. The Morgan fingerprint density at radius 2 is 1.96 bits per heavy atom. The van der Waals surface area contributed by atoms with Gasteiger partial charge in [-0.15, -0.1) is 23.1 Å². The summed E-state index contributed by atoms with van der Waals surface area (Å²) in [6.07, 6.45) is 0. The first-order valence-electron chi connectivity index (χ1n) is 8.06. The largest absolute Gasteiger partial charge is 0.497 e. The van der Waals surface area contributed by atoms with Gasteiger partial charge in [0.15, 0.2) is 0 Å². The first-order chi connectivity index (χ1) is 12.2. The molecule has 0 fully saturated rings. The van der Waals surface area contributed by atoms with Gasteiger partial charge in [-0.05, 0) is 46.0 Å². The van der Waals surface area contributed by atoms with Gasteiger partial charge in [0.2, 0.25) is 5.91 Å². The Morgan fingerprint density at radius 3 is 2.72 bits per heavy atom. The molecule has 0 saturated carbocycles. The van der Waals surface area contributed by atoms with Crippen molar-refractivity contribution in [2.45, 2.75) is 12.3 Å². The minimum Gasteiger partial charge on any atom is -0.497 e. The molecule has 0 radical (unpaired) electrons. The van der Waals surface area contributed by atoms with Gasteiger partial charge in [0.1, 0.15) is 5.75 Å². The molecule has 0 aliphatic heterocycles. The van der Waals surface area contributed by atoms with Crippen LogP contribution >= 0.6 is 23.1 Å². The van der Waals surface area contributed by atoms with E-state index in [4.69, 9.17) is 4.74 Å². The quantitative estimate of drug-likeness (QED) is 0.597. The van der Waals surface area contributed by atoms with Crippen molar-refractivity contribution in [2.24, 2.45) is 0 Å². The molecule has 0 atom stereocenters. The summed E-state index contributed by atoms with van der Waals surface area (Å²) in [6, 6.07) is 16.5. The second-order valence-electron chi connectivity index (χ2n) is 5.87. The molecule has 25 heavy (non-hydrogen) atoms. The topological polar surface area (TPSA) is 29.5 Å². The molecule has 130 valence electrons. The second-order valence-corrected chi connectivity index (χ2v) is 7.89. The fourth-order valence-electron chi connectivity index (χ4n) is 2.60. The molecule has 0 spiro atoms. The van der Waals surface area contributed by atoms with E-state index in [1.807, 2.05) is 25.2 Å². The number of ether oxygens (including phenoxy) is 1. The third-order valence-corrected chi connectivity index (χ3v) is 6.03. The van der Waals surface area contributed by atoms with E-state index in [-0.39, 0.29) is 5.91 Å². The highest BCUT2D eigenvalue weighted by molar-refractivity contribution is 7.99. The molecule has 2 aromatic carbocycles. The SMILES string of the molecule is COc1ccc2cc(CN(C)C(=O)CSCc3cccs3)ccc2c1. The number of rotatable bonds is 7. The predicted octanol–water partition coefficient (Wildman–Crippen LogP) is 4.80. The highest BCUT2D eigenvalue weighted by Gasteiger charge is 2.10. The predicted molar refractivity (Wildman–Crippen MR) is 107 cm³/mol. The van der Waals surface area contributed by atoms with Crippen LogP contribution in [0.25, 0.3) is 10.8 Å². The molecule has 0 bridgehead atoms. The Balaban J connectivity index is 1.57. The standard InChI is InChI=1S/C20H21NO2S2/c1-21(20(22)14-24-13-19-4-3-9-25-19)12-15-5-6-17-11-18(23-2)8-7-16(17)10-15/h3-11H,12-14H2,1-2H3. The van der Waals surface area contributed by atoms with Crippen molar-refractivity contribution in [3.8, 4) is 5.75 Å². The maximum atomic E-state index is 12.3. The molecule has 0 aliphatic carbocycles. The van der Waals surface area contributed by atoms with Crippen LogP contribution in [-0.4, -0.2) is 30.7 Å². The number of fused-ring (bicyclic) bond motifs is 1. The number of carbonyl (C=O) groups excluding carboxylic acids is 1. The Hall–Kier alpha value is -1.98. The second kappa shape index (κ2) is 8.41. The summed E-state index contributed by atoms with van der Waals surface area (Å²) in [5.74, 6) is 2.43. The zero-order valence-corrected chi connectivity index (χ0v) is 16.0. The van der Waals surface area contributed by atoms with Gasteiger partial charge in [0.05, 0.1) is 12.9 Å². The minimum absolute atomic E-state index is 0.163. The number of carbonyl (C=O) groups is 1. The third-order valence-electron chi connectivity index (χ3n) is 4.01. The van der Waals surface area contributed by atoms with Crippen molar-refractivity contribution in [3.05, 3.63) is 64.4 Å². The van der Waals surface area contributed by atoms with Crippen LogP contribution in [0.5, 0.6) is 5.75 Å². The van der Waals surface area contributed by atoms with E-state index >= 15 is 0 Å². The van der Waals surface area contributed by atoms with Crippen LogP contribution in [0.3, 0.4) is 0 Å². The molecular formula is C20H21NO2S2. The van der Waals surface area contributed by atoms with Crippen LogP contribution in [-0.2, 0) is 17.1 Å². The Morgan fingerprint density at radius 1 is 1.16 bits per heavy atom. The Labute approximate surface area is 156 Å². The molecule has 1 heterocycles. The van der Waals surface area contributed by atoms with Crippen LogP contribution in [0.1, 0.15) is 10.4 Å². The van der Waals surface area contributed by atoms with Gasteiger partial charge in [-0.2, -0.15) is 0 Å². The van der Waals surface area contributed by atoms with Crippen molar-refractivity contribution in [3.63, 3.8) is 0 Å². The summed E-state index contributed by atoms with van der Waals surface area (Å²) < 4.78 is 5.26. The summed E-state index contributed by atoms with van der Waals surface area (Å²) in [6.45, 7) is 0.625. The molecule has 0 N–H and O–H groups in total. The molecule has 0 saturated heterocycles. The van der Waals surface area contributed by atoms with Crippen molar-refractivity contribution < 1.29 is 9.53 Å².